The van der Waals surface area contributed by atoms with E-state index < -0.39 is 0 Å². The van der Waals surface area contributed by atoms with Crippen LogP contribution in [0.3, 0.4) is 0 Å². The third-order valence-electron chi connectivity index (χ3n) is 4.68. The number of nitrogens with zero attached hydrogens (tertiary/aromatic N) is 1. The second-order valence-corrected chi connectivity index (χ2v) is 6.19. The average Bonchev–Trinajstić information content (AvgIpc) is 2.44. The van der Waals surface area contributed by atoms with Crippen LogP contribution < -0.4 is 5.32 Å². The standard InChI is InChI=1S/C17H30N2/c1-4-5-16-12-15(7-6-14(16)2)13-19-10-8-17(18-3)9-11-19/h6,12,15,17-18H,4-5,7-11,13H2,1-3H3. The first-order valence-corrected chi connectivity index (χ1v) is 8.00. The minimum Gasteiger partial charge on any atom is -0.317 e. The van der Waals surface area contributed by atoms with Crippen LogP contribution in [-0.2, 0) is 0 Å². The molecule has 0 aromatic heterocycles. The van der Waals surface area contributed by atoms with Gasteiger partial charge in [0.15, 0.2) is 0 Å². The number of piperidine rings is 1. The second kappa shape index (κ2) is 7.25. The molecule has 0 bridgehead atoms. The zero-order valence-corrected chi connectivity index (χ0v) is 12.9. The van der Waals surface area contributed by atoms with E-state index in [0.29, 0.717) is 0 Å². The van der Waals surface area contributed by atoms with Gasteiger partial charge in [0.25, 0.3) is 0 Å². The summed E-state index contributed by atoms with van der Waals surface area (Å²) in [5.74, 6) is 0.747. The zero-order chi connectivity index (χ0) is 13.7. The van der Waals surface area contributed by atoms with E-state index >= 15 is 0 Å². The van der Waals surface area contributed by atoms with Crippen molar-refractivity contribution in [2.75, 3.05) is 26.7 Å². The third kappa shape index (κ3) is 4.19. The van der Waals surface area contributed by atoms with E-state index in [0.717, 1.165) is 12.0 Å². The average molecular weight is 262 g/mol. The molecule has 19 heavy (non-hydrogen) atoms. The molecule has 0 aromatic rings. The molecule has 1 fully saturated rings. The largest absolute Gasteiger partial charge is 0.317 e. The van der Waals surface area contributed by atoms with Crippen molar-refractivity contribution >= 4 is 0 Å². The molecular weight excluding hydrogens is 232 g/mol. The van der Waals surface area contributed by atoms with Gasteiger partial charge < -0.3 is 10.2 Å². The molecule has 0 radical (unpaired) electrons. The molecule has 2 aliphatic rings. The summed E-state index contributed by atoms with van der Waals surface area (Å²) in [6.07, 6.45) is 11.4. The number of likely N-dealkylation sites (tertiary alicyclic amines) is 1. The molecule has 1 aliphatic heterocycles. The summed E-state index contributed by atoms with van der Waals surface area (Å²) in [5.41, 5.74) is 3.12. The minimum absolute atomic E-state index is 0.746. The fourth-order valence-electron chi connectivity index (χ4n) is 3.36. The minimum atomic E-state index is 0.746. The molecule has 1 unspecified atom stereocenters. The number of rotatable bonds is 5. The number of allylic oxidation sites excluding steroid dienone is 3. The van der Waals surface area contributed by atoms with Crippen LogP contribution in [-0.4, -0.2) is 37.6 Å². The summed E-state index contributed by atoms with van der Waals surface area (Å²) in [6, 6.07) is 0.746. The van der Waals surface area contributed by atoms with E-state index in [-0.39, 0.29) is 0 Å². The van der Waals surface area contributed by atoms with Gasteiger partial charge in [-0.3, -0.25) is 0 Å². The molecular formula is C17H30N2. The molecule has 0 saturated carbocycles. The van der Waals surface area contributed by atoms with Crippen LogP contribution in [0.4, 0.5) is 0 Å². The second-order valence-electron chi connectivity index (χ2n) is 6.19. The Bertz CT molecular complexity index is 335. The lowest BCUT2D eigenvalue weighted by atomic mass is 9.88. The zero-order valence-electron chi connectivity index (χ0n) is 12.9. The Balaban J connectivity index is 1.83. The van der Waals surface area contributed by atoms with Crippen LogP contribution in [0.15, 0.2) is 23.3 Å². The highest BCUT2D eigenvalue weighted by atomic mass is 15.1. The molecule has 2 rings (SSSR count). The van der Waals surface area contributed by atoms with Crippen molar-refractivity contribution in [3.8, 4) is 0 Å². The highest BCUT2D eigenvalue weighted by molar-refractivity contribution is 5.33. The van der Waals surface area contributed by atoms with Crippen LogP contribution in [0.1, 0.15) is 46.0 Å². The van der Waals surface area contributed by atoms with Crippen molar-refractivity contribution in [3.05, 3.63) is 23.3 Å². The molecule has 1 atom stereocenters. The summed E-state index contributed by atoms with van der Waals surface area (Å²) in [7, 11) is 2.09. The van der Waals surface area contributed by atoms with Crippen LogP contribution >= 0.6 is 0 Å². The highest BCUT2D eigenvalue weighted by Gasteiger charge is 2.21. The van der Waals surface area contributed by atoms with Crippen molar-refractivity contribution < 1.29 is 0 Å². The van der Waals surface area contributed by atoms with Gasteiger partial charge in [0.1, 0.15) is 0 Å². The molecule has 0 amide bonds. The molecule has 1 N–H and O–H groups in total. The van der Waals surface area contributed by atoms with Gasteiger partial charge in [-0.1, -0.05) is 31.1 Å². The fraction of sp³-hybridized carbons (Fsp3) is 0.765. The molecule has 1 heterocycles. The first-order chi connectivity index (χ1) is 9.22. The lowest BCUT2D eigenvalue weighted by Gasteiger charge is -2.34. The van der Waals surface area contributed by atoms with Crippen LogP contribution in [0.25, 0.3) is 0 Å². The van der Waals surface area contributed by atoms with Crippen LogP contribution in [0.5, 0.6) is 0 Å². The molecule has 1 aliphatic carbocycles. The lowest BCUT2D eigenvalue weighted by Crippen LogP contribution is -2.42. The van der Waals surface area contributed by atoms with E-state index in [2.05, 4.69) is 43.3 Å². The predicted octanol–water partition coefficient (Wildman–Crippen LogP) is 3.36. The van der Waals surface area contributed by atoms with Crippen LogP contribution in [0, 0.1) is 5.92 Å². The van der Waals surface area contributed by atoms with Gasteiger partial charge in [0.05, 0.1) is 0 Å². The molecule has 1 saturated heterocycles. The topological polar surface area (TPSA) is 15.3 Å². The van der Waals surface area contributed by atoms with Gasteiger partial charge in [0.2, 0.25) is 0 Å². The van der Waals surface area contributed by atoms with Crippen molar-refractivity contribution in [3.63, 3.8) is 0 Å². The first-order valence-electron chi connectivity index (χ1n) is 8.00. The summed E-state index contributed by atoms with van der Waals surface area (Å²) >= 11 is 0. The maximum atomic E-state index is 3.41. The van der Waals surface area contributed by atoms with Gasteiger partial charge in [-0.05, 0) is 64.2 Å². The normalized spacial score (nSPS) is 26.2. The molecule has 0 spiro atoms. The fourth-order valence-corrected chi connectivity index (χ4v) is 3.36. The molecule has 0 aromatic carbocycles. The Morgan fingerprint density at radius 1 is 1.32 bits per heavy atom. The summed E-state index contributed by atoms with van der Waals surface area (Å²) in [6.45, 7) is 8.34. The predicted molar refractivity (Wildman–Crippen MR) is 83.4 cm³/mol. The van der Waals surface area contributed by atoms with Crippen LogP contribution in [0.2, 0.25) is 0 Å². The maximum Gasteiger partial charge on any atom is 0.00884 e. The quantitative estimate of drug-likeness (QED) is 0.817. The summed E-state index contributed by atoms with van der Waals surface area (Å²) < 4.78 is 0. The van der Waals surface area contributed by atoms with Gasteiger partial charge in [-0.15, -0.1) is 0 Å². The Kier molecular flexibility index (Phi) is 5.65. The molecule has 2 heteroatoms. The number of hydrogen-bond donors (Lipinski definition) is 1. The molecule has 108 valence electrons. The van der Waals surface area contributed by atoms with Gasteiger partial charge in [-0.2, -0.15) is 0 Å². The lowest BCUT2D eigenvalue weighted by molar-refractivity contribution is 0.185. The van der Waals surface area contributed by atoms with Crippen molar-refractivity contribution in [2.45, 2.75) is 52.0 Å². The van der Waals surface area contributed by atoms with E-state index in [1.54, 1.807) is 5.57 Å². The summed E-state index contributed by atoms with van der Waals surface area (Å²) in [5, 5.41) is 3.41. The van der Waals surface area contributed by atoms with Crippen molar-refractivity contribution in [1.82, 2.24) is 10.2 Å². The van der Waals surface area contributed by atoms with E-state index in [1.165, 1.54) is 57.3 Å². The third-order valence-corrected chi connectivity index (χ3v) is 4.68. The highest BCUT2D eigenvalue weighted by Crippen LogP contribution is 2.27. The monoisotopic (exact) mass is 262 g/mol. The van der Waals surface area contributed by atoms with E-state index in [1.807, 2.05) is 0 Å². The number of hydrogen-bond acceptors (Lipinski definition) is 2. The summed E-state index contributed by atoms with van der Waals surface area (Å²) in [4.78, 5) is 2.66. The van der Waals surface area contributed by atoms with Gasteiger partial charge >= 0.3 is 0 Å². The van der Waals surface area contributed by atoms with Gasteiger partial charge in [-0.25, -0.2) is 0 Å². The Hall–Kier alpha value is -0.600. The Labute approximate surface area is 118 Å². The Morgan fingerprint density at radius 3 is 2.68 bits per heavy atom. The van der Waals surface area contributed by atoms with Crippen molar-refractivity contribution in [1.29, 1.82) is 0 Å². The first kappa shape index (κ1) is 14.8. The smallest absolute Gasteiger partial charge is 0.00884 e. The van der Waals surface area contributed by atoms with Gasteiger partial charge in [0, 0.05) is 12.6 Å². The SMILES string of the molecule is CCCC1=CC(CN2CCC(NC)CC2)CC=C1C. The van der Waals surface area contributed by atoms with E-state index in [4.69, 9.17) is 0 Å². The van der Waals surface area contributed by atoms with E-state index in [9.17, 15) is 0 Å². The maximum absolute atomic E-state index is 3.41. The number of nitrogens with one attached hydrogen (secondary N) is 1. The molecule has 2 nitrogen and oxygen atoms in total. The Morgan fingerprint density at radius 2 is 2.05 bits per heavy atom. The van der Waals surface area contributed by atoms with Crippen molar-refractivity contribution in [2.24, 2.45) is 5.92 Å².